The molecule has 1 unspecified atom stereocenters. The summed E-state index contributed by atoms with van der Waals surface area (Å²) in [5, 5.41) is 11.0. The molecule has 4 rings (SSSR count). The molecular weight excluding hydrogens is 471 g/mol. The van der Waals surface area contributed by atoms with E-state index in [1.165, 1.54) is 10.6 Å². The molecule has 2 aromatic carbocycles. The number of aromatic hydroxyl groups is 1. The number of thiazole rings is 1. The van der Waals surface area contributed by atoms with E-state index in [1.807, 2.05) is 0 Å². The number of carbonyl (C=O) groups is 1. The van der Waals surface area contributed by atoms with E-state index in [-0.39, 0.29) is 23.5 Å². The number of nitrogens with zero attached hydrogens (tertiary/aromatic N) is 2. The first-order valence-electron chi connectivity index (χ1n) is 9.74. The lowest BCUT2D eigenvalue weighted by atomic mass is 9.96. The van der Waals surface area contributed by atoms with E-state index in [9.17, 15) is 14.7 Å². The molecule has 1 aliphatic heterocycles. The molecule has 0 fully saturated rings. The first kappa shape index (κ1) is 22.3. The van der Waals surface area contributed by atoms with Crippen LogP contribution in [0.4, 0.5) is 0 Å². The molecule has 0 bridgehead atoms. The Morgan fingerprint density at radius 2 is 2.03 bits per heavy atom. The maximum atomic E-state index is 13.5. The molecule has 0 spiro atoms. The molecule has 32 heavy (non-hydrogen) atoms. The maximum Gasteiger partial charge on any atom is 0.338 e. The van der Waals surface area contributed by atoms with Gasteiger partial charge in [0.05, 0.1) is 22.4 Å². The van der Waals surface area contributed by atoms with E-state index in [2.05, 4.69) is 4.99 Å². The molecular formula is C23H18Cl2N2O4S. The Balaban J connectivity index is 2.00. The monoisotopic (exact) mass is 488 g/mol. The Kier molecular flexibility index (Phi) is 6.24. The van der Waals surface area contributed by atoms with Crippen LogP contribution in [0.2, 0.25) is 10.0 Å². The SMILES string of the molecule is CCOC(=O)C1=C(C)N=c2s/c(=C\c3cc(Cl)ccc3O)c(=O)n2C1c1ccccc1Cl. The number of fused-ring (bicyclic) bond motifs is 1. The van der Waals surface area contributed by atoms with Crippen LogP contribution in [-0.4, -0.2) is 22.2 Å². The number of phenolic OH excluding ortho intramolecular Hbond substituents is 1. The number of carbonyl (C=O) groups excluding carboxylic acids is 1. The van der Waals surface area contributed by atoms with Gasteiger partial charge in [0.2, 0.25) is 0 Å². The van der Waals surface area contributed by atoms with Crippen molar-refractivity contribution in [3.05, 3.63) is 94.6 Å². The second-order valence-corrected chi connectivity index (χ2v) is 8.88. The molecule has 2 heterocycles. The lowest BCUT2D eigenvalue weighted by Crippen LogP contribution is -2.40. The van der Waals surface area contributed by atoms with Crippen molar-refractivity contribution in [2.45, 2.75) is 19.9 Å². The maximum absolute atomic E-state index is 13.5. The second-order valence-electron chi connectivity index (χ2n) is 7.03. The average molecular weight is 489 g/mol. The number of halogens is 2. The second kappa shape index (κ2) is 8.94. The zero-order valence-electron chi connectivity index (χ0n) is 17.1. The van der Waals surface area contributed by atoms with Gasteiger partial charge in [-0.25, -0.2) is 9.79 Å². The number of esters is 1. The first-order valence-corrected chi connectivity index (χ1v) is 11.3. The molecule has 3 aromatic rings. The first-order chi connectivity index (χ1) is 15.3. The molecule has 9 heteroatoms. The van der Waals surface area contributed by atoms with Gasteiger partial charge < -0.3 is 9.84 Å². The molecule has 0 aliphatic carbocycles. The molecule has 164 valence electrons. The zero-order chi connectivity index (χ0) is 23.0. The third-order valence-electron chi connectivity index (χ3n) is 4.99. The third-order valence-corrected chi connectivity index (χ3v) is 6.56. The van der Waals surface area contributed by atoms with Crippen molar-refractivity contribution in [3.8, 4) is 5.75 Å². The topological polar surface area (TPSA) is 80.9 Å². The minimum atomic E-state index is -0.797. The van der Waals surface area contributed by atoms with Crippen LogP contribution in [0.25, 0.3) is 6.08 Å². The van der Waals surface area contributed by atoms with Gasteiger partial charge in [-0.1, -0.05) is 52.7 Å². The lowest BCUT2D eigenvalue weighted by Gasteiger charge is -2.25. The smallest absolute Gasteiger partial charge is 0.338 e. The summed E-state index contributed by atoms with van der Waals surface area (Å²) in [6, 6.07) is 10.8. The largest absolute Gasteiger partial charge is 0.507 e. The minimum absolute atomic E-state index is 0.00807. The highest BCUT2D eigenvalue weighted by Crippen LogP contribution is 2.34. The Morgan fingerprint density at radius 1 is 1.28 bits per heavy atom. The van der Waals surface area contributed by atoms with Gasteiger partial charge in [-0.3, -0.25) is 9.36 Å². The highest BCUT2D eigenvalue weighted by atomic mass is 35.5. The van der Waals surface area contributed by atoms with Gasteiger partial charge >= 0.3 is 5.97 Å². The number of phenols is 1. The van der Waals surface area contributed by atoms with E-state index in [4.69, 9.17) is 27.9 Å². The number of hydrogen-bond donors (Lipinski definition) is 1. The predicted octanol–water partition coefficient (Wildman–Crippen LogP) is 3.81. The Hall–Kier alpha value is -2.87. The highest BCUT2D eigenvalue weighted by molar-refractivity contribution is 7.07. The number of ether oxygens (including phenoxy) is 1. The molecule has 6 nitrogen and oxygen atoms in total. The van der Waals surface area contributed by atoms with Gasteiger partial charge in [0, 0.05) is 15.6 Å². The van der Waals surface area contributed by atoms with Gasteiger partial charge in [0.25, 0.3) is 5.56 Å². The van der Waals surface area contributed by atoms with Crippen molar-refractivity contribution in [1.29, 1.82) is 0 Å². The number of hydrogen-bond acceptors (Lipinski definition) is 6. The molecule has 1 atom stereocenters. The number of rotatable bonds is 4. The van der Waals surface area contributed by atoms with Crippen LogP contribution in [0.1, 0.15) is 31.0 Å². The molecule has 0 saturated heterocycles. The standard InChI is InChI=1S/C23H18Cl2N2O4S/c1-3-31-22(30)19-12(2)26-23-27(20(19)15-6-4-5-7-16(15)25)21(29)18(32-23)11-13-10-14(24)8-9-17(13)28/h4-11,20,28H,3H2,1-2H3/b18-11-. The quantitative estimate of drug-likeness (QED) is 0.566. The normalized spacial score (nSPS) is 16.0. The summed E-state index contributed by atoms with van der Waals surface area (Å²) in [7, 11) is 0. The summed E-state index contributed by atoms with van der Waals surface area (Å²) in [5.74, 6) is -0.563. The summed E-state index contributed by atoms with van der Waals surface area (Å²) in [5.41, 5.74) is 1.33. The van der Waals surface area contributed by atoms with Crippen LogP contribution in [0.5, 0.6) is 5.75 Å². The van der Waals surface area contributed by atoms with Crippen LogP contribution < -0.4 is 14.9 Å². The predicted molar refractivity (Wildman–Crippen MR) is 125 cm³/mol. The highest BCUT2D eigenvalue weighted by Gasteiger charge is 2.34. The van der Waals surface area contributed by atoms with E-state index in [0.717, 1.165) is 11.3 Å². The van der Waals surface area contributed by atoms with Gasteiger partial charge in [0.1, 0.15) is 11.8 Å². The Labute approximate surface area is 197 Å². The Morgan fingerprint density at radius 3 is 2.75 bits per heavy atom. The molecule has 0 amide bonds. The number of allylic oxidation sites excluding steroid dienone is 1. The van der Waals surface area contributed by atoms with Crippen LogP contribution in [-0.2, 0) is 9.53 Å². The summed E-state index contributed by atoms with van der Waals surface area (Å²) in [6.45, 7) is 3.60. The van der Waals surface area contributed by atoms with E-state index in [0.29, 0.717) is 36.2 Å². The minimum Gasteiger partial charge on any atom is -0.507 e. The summed E-state index contributed by atoms with van der Waals surface area (Å²) in [4.78, 5) is 31.3. The zero-order valence-corrected chi connectivity index (χ0v) is 19.5. The van der Waals surface area contributed by atoms with Gasteiger partial charge in [0.15, 0.2) is 4.80 Å². The Bertz CT molecular complexity index is 1440. The van der Waals surface area contributed by atoms with Crippen molar-refractivity contribution in [1.82, 2.24) is 4.57 Å². The number of benzene rings is 2. The fraction of sp³-hybridized carbons (Fsp3) is 0.174. The average Bonchev–Trinajstić information content (AvgIpc) is 3.05. The van der Waals surface area contributed by atoms with Gasteiger partial charge in [-0.15, -0.1) is 0 Å². The third kappa shape index (κ3) is 3.99. The fourth-order valence-corrected chi connectivity index (χ4v) is 5.02. The van der Waals surface area contributed by atoms with E-state index < -0.39 is 12.0 Å². The summed E-state index contributed by atoms with van der Waals surface area (Å²) in [6.07, 6.45) is 1.55. The van der Waals surface area contributed by atoms with E-state index in [1.54, 1.807) is 56.3 Å². The van der Waals surface area contributed by atoms with Crippen molar-refractivity contribution in [3.63, 3.8) is 0 Å². The summed E-state index contributed by atoms with van der Waals surface area (Å²) < 4.78 is 7.04. The molecule has 0 saturated carbocycles. The van der Waals surface area contributed by atoms with Crippen molar-refractivity contribution >= 4 is 46.6 Å². The van der Waals surface area contributed by atoms with Crippen molar-refractivity contribution < 1.29 is 14.6 Å². The fourth-order valence-electron chi connectivity index (χ4n) is 3.56. The molecule has 1 aliphatic rings. The van der Waals surface area contributed by atoms with Crippen LogP contribution in [0.15, 0.2) is 63.5 Å². The summed E-state index contributed by atoms with van der Waals surface area (Å²) >= 11 is 13.7. The molecule has 0 radical (unpaired) electrons. The van der Waals surface area contributed by atoms with E-state index >= 15 is 0 Å². The van der Waals surface area contributed by atoms with Crippen LogP contribution in [0, 0.1) is 0 Å². The van der Waals surface area contributed by atoms with Gasteiger partial charge in [-0.2, -0.15) is 0 Å². The number of aromatic nitrogens is 1. The molecule has 1 aromatic heterocycles. The van der Waals surface area contributed by atoms with Crippen LogP contribution >= 0.6 is 34.5 Å². The van der Waals surface area contributed by atoms with Crippen LogP contribution in [0.3, 0.4) is 0 Å². The van der Waals surface area contributed by atoms with Crippen molar-refractivity contribution in [2.75, 3.05) is 6.61 Å². The van der Waals surface area contributed by atoms with Crippen molar-refractivity contribution in [2.24, 2.45) is 4.99 Å². The lowest BCUT2D eigenvalue weighted by molar-refractivity contribution is -0.139. The van der Waals surface area contributed by atoms with Gasteiger partial charge in [-0.05, 0) is 49.8 Å². The molecule has 1 N–H and O–H groups in total.